The van der Waals surface area contributed by atoms with Crippen LogP contribution in [0, 0.1) is 0 Å². The molecule has 1 saturated heterocycles. The van der Waals surface area contributed by atoms with Crippen LogP contribution < -0.4 is 5.32 Å². The lowest BCUT2D eigenvalue weighted by molar-refractivity contribution is -0.151. The van der Waals surface area contributed by atoms with Crippen molar-refractivity contribution in [1.29, 1.82) is 0 Å². The van der Waals surface area contributed by atoms with Gasteiger partial charge in [0.1, 0.15) is 5.54 Å². The zero-order valence-corrected chi connectivity index (χ0v) is 13.6. The minimum atomic E-state index is -0.560. The van der Waals surface area contributed by atoms with Crippen molar-refractivity contribution in [3.8, 4) is 0 Å². The lowest BCUT2D eigenvalue weighted by Gasteiger charge is -2.35. The van der Waals surface area contributed by atoms with Crippen LogP contribution in [0.4, 0.5) is 0 Å². The largest absolute Gasteiger partial charge is 0.465 e. The zero-order chi connectivity index (χ0) is 15.0. The van der Waals surface area contributed by atoms with Crippen LogP contribution in [0.15, 0.2) is 0 Å². The molecule has 20 heavy (non-hydrogen) atoms. The summed E-state index contributed by atoms with van der Waals surface area (Å²) in [6.07, 6.45) is 1.82. The van der Waals surface area contributed by atoms with Gasteiger partial charge in [0.25, 0.3) is 0 Å². The number of nitrogens with zero attached hydrogens (tertiary/aromatic N) is 2. The van der Waals surface area contributed by atoms with Crippen molar-refractivity contribution in [2.75, 3.05) is 52.9 Å². The first-order valence-electron chi connectivity index (χ1n) is 7.85. The first kappa shape index (κ1) is 17.4. The normalized spacial score (nSPS) is 20.6. The molecule has 0 aliphatic carbocycles. The summed E-state index contributed by atoms with van der Waals surface area (Å²) in [7, 11) is 2.16. The number of ether oxygens (including phenoxy) is 1. The van der Waals surface area contributed by atoms with Crippen LogP contribution >= 0.6 is 0 Å². The minimum Gasteiger partial charge on any atom is -0.465 e. The summed E-state index contributed by atoms with van der Waals surface area (Å²) in [6.45, 7) is 12.6. The number of hydrogen-bond acceptors (Lipinski definition) is 5. The van der Waals surface area contributed by atoms with Gasteiger partial charge in [-0.1, -0.05) is 6.92 Å². The molecule has 1 rings (SSSR count). The summed E-state index contributed by atoms with van der Waals surface area (Å²) in [5.41, 5.74) is -0.560. The highest BCUT2D eigenvalue weighted by Crippen LogP contribution is 2.14. The summed E-state index contributed by atoms with van der Waals surface area (Å²) in [4.78, 5) is 17.0. The number of piperazine rings is 1. The maximum absolute atomic E-state index is 12.2. The Morgan fingerprint density at radius 1 is 1.25 bits per heavy atom. The molecule has 0 spiro atoms. The maximum atomic E-state index is 12.2. The molecular formula is C15H31N3O2. The number of carbonyl (C=O) groups is 1. The van der Waals surface area contributed by atoms with Gasteiger partial charge in [0.15, 0.2) is 0 Å². The third-order valence-corrected chi connectivity index (χ3v) is 4.02. The minimum absolute atomic E-state index is 0.123. The summed E-state index contributed by atoms with van der Waals surface area (Å²) < 4.78 is 5.23. The summed E-state index contributed by atoms with van der Waals surface area (Å²) in [5.74, 6) is -0.123. The Morgan fingerprint density at radius 3 is 2.45 bits per heavy atom. The Labute approximate surface area is 123 Å². The van der Waals surface area contributed by atoms with Gasteiger partial charge in [-0.15, -0.1) is 0 Å². The fourth-order valence-corrected chi connectivity index (χ4v) is 2.41. The standard InChI is InChI=1S/C15H31N3O2/c1-5-8-16-15(3,14(19)20-6-2)7-9-18-12-10-17(4)11-13-18/h16H,5-13H2,1-4H3. The maximum Gasteiger partial charge on any atom is 0.326 e. The molecule has 1 N–H and O–H groups in total. The van der Waals surface area contributed by atoms with Gasteiger partial charge in [0, 0.05) is 32.7 Å². The Kier molecular flexibility index (Phi) is 7.48. The van der Waals surface area contributed by atoms with Gasteiger partial charge < -0.3 is 19.9 Å². The van der Waals surface area contributed by atoms with Gasteiger partial charge in [-0.3, -0.25) is 4.79 Å². The number of nitrogens with one attached hydrogen (secondary N) is 1. The van der Waals surface area contributed by atoms with Crippen molar-refractivity contribution in [3.63, 3.8) is 0 Å². The fourth-order valence-electron chi connectivity index (χ4n) is 2.41. The van der Waals surface area contributed by atoms with E-state index in [1.165, 1.54) is 0 Å². The molecule has 1 heterocycles. The number of likely N-dealkylation sites (N-methyl/N-ethyl adjacent to an activating group) is 1. The lowest BCUT2D eigenvalue weighted by atomic mass is 9.97. The van der Waals surface area contributed by atoms with E-state index in [0.29, 0.717) is 6.61 Å². The molecule has 0 bridgehead atoms. The molecule has 1 fully saturated rings. The third kappa shape index (κ3) is 5.38. The quantitative estimate of drug-likeness (QED) is 0.673. The van der Waals surface area contributed by atoms with Gasteiger partial charge in [-0.25, -0.2) is 0 Å². The monoisotopic (exact) mass is 285 g/mol. The highest BCUT2D eigenvalue weighted by atomic mass is 16.5. The highest BCUT2D eigenvalue weighted by Gasteiger charge is 2.34. The first-order chi connectivity index (χ1) is 9.51. The van der Waals surface area contributed by atoms with E-state index in [1.54, 1.807) is 0 Å². The Hall–Kier alpha value is -0.650. The predicted octanol–water partition coefficient (Wildman–Crippen LogP) is 0.945. The van der Waals surface area contributed by atoms with E-state index >= 15 is 0 Å². The molecule has 5 heteroatoms. The van der Waals surface area contributed by atoms with Gasteiger partial charge in [-0.2, -0.15) is 0 Å². The predicted molar refractivity (Wildman–Crippen MR) is 81.9 cm³/mol. The molecule has 0 aromatic carbocycles. The molecule has 0 amide bonds. The Balaban J connectivity index is 2.49. The van der Waals surface area contributed by atoms with E-state index in [0.717, 1.165) is 52.1 Å². The van der Waals surface area contributed by atoms with Gasteiger partial charge in [-0.05, 0) is 40.3 Å². The average molecular weight is 285 g/mol. The summed E-state index contributed by atoms with van der Waals surface area (Å²) >= 11 is 0. The molecule has 1 aliphatic heterocycles. The topological polar surface area (TPSA) is 44.8 Å². The molecule has 1 aliphatic rings. The molecule has 118 valence electrons. The Bertz CT molecular complexity index is 291. The van der Waals surface area contributed by atoms with Crippen molar-refractivity contribution in [3.05, 3.63) is 0 Å². The molecule has 1 unspecified atom stereocenters. The van der Waals surface area contributed by atoms with Crippen molar-refractivity contribution in [1.82, 2.24) is 15.1 Å². The van der Waals surface area contributed by atoms with Crippen LogP contribution in [0.1, 0.15) is 33.6 Å². The molecule has 0 radical (unpaired) electrons. The van der Waals surface area contributed by atoms with E-state index in [-0.39, 0.29) is 5.97 Å². The molecular weight excluding hydrogens is 254 g/mol. The van der Waals surface area contributed by atoms with Crippen LogP contribution in [0.5, 0.6) is 0 Å². The lowest BCUT2D eigenvalue weighted by Crippen LogP contribution is -2.54. The van der Waals surface area contributed by atoms with Gasteiger partial charge in [0.2, 0.25) is 0 Å². The van der Waals surface area contributed by atoms with Gasteiger partial charge >= 0.3 is 5.97 Å². The SMILES string of the molecule is CCCNC(C)(CCN1CCN(C)CC1)C(=O)OCC. The smallest absolute Gasteiger partial charge is 0.326 e. The molecule has 5 nitrogen and oxygen atoms in total. The van der Waals surface area contributed by atoms with E-state index in [9.17, 15) is 4.79 Å². The number of hydrogen-bond donors (Lipinski definition) is 1. The summed E-state index contributed by atoms with van der Waals surface area (Å²) in [5, 5.41) is 3.37. The van der Waals surface area contributed by atoms with E-state index in [2.05, 4.69) is 29.1 Å². The third-order valence-electron chi connectivity index (χ3n) is 4.02. The fraction of sp³-hybridized carbons (Fsp3) is 0.933. The zero-order valence-electron chi connectivity index (χ0n) is 13.6. The van der Waals surface area contributed by atoms with Crippen molar-refractivity contribution in [2.24, 2.45) is 0 Å². The molecule has 0 aromatic rings. The number of rotatable bonds is 8. The van der Waals surface area contributed by atoms with E-state index in [4.69, 9.17) is 4.74 Å². The van der Waals surface area contributed by atoms with Gasteiger partial charge in [0.05, 0.1) is 6.61 Å². The van der Waals surface area contributed by atoms with E-state index < -0.39 is 5.54 Å². The molecule has 1 atom stereocenters. The second-order valence-corrected chi connectivity index (χ2v) is 5.87. The van der Waals surface area contributed by atoms with Crippen LogP contribution in [0.2, 0.25) is 0 Å². The second-order valence-electron chi connectivity index (χ2n) is 5.87. The van der Waals surface area contributed by atoms with Crippen molar-refractivity contribution >= 4 is 5.97 Å². The highest BCUT2D eigenvalue weighted by molar-refractivity contribution is 5.80. The molecule has 0 aromatic heterocycles. The second kappa shape index (κ2) is 8.60. The number of carbonyl (C=O) groups excluding carboxylic acids is 1. The average Bonchev–Trinajstić information content (AvgIpc) is 2.45. The van der Waals surface area contributed by atoms with Crippen LogP contribution in [0.25, 0.3) is 0 Å². The van der Waals surface area contributed by atoms with Crippen LogP contribution in [-0.2, 0) is 9.53 Å². The Morgan fingerprint density at radius 2 is 1.90 bits per heavy atom. The summed E-state index contributed by atoms with van der Waals surface area (Å²) in [6, 6.07) is 0. The molecule has 0 saturated carbocycles. The van der Waals surface area contributed by atoms with Crippen molar-refractivity contribution < 1.29 is 9.53 Å². The first-order valence-corrected chi connectivity index (χ1v) is 7.85. The van der Waals surface area contributed by atoms with E-state index in [1.807, 2.05) is 13.8 Å². The number of esters is 1. The van der Waals surface area contributed by atoms with Crippen LogP contribution in [-0.4, -0.2) is 74.2 Å². The van der Waals surface area contributed by atoms with Crippen molar-refractivity contribution in [2.45, 2.75) is 39.2 Å². The van der Waals surface area contributed by atoms with Crippen LogP contribution in [0.3, 0.4) is 0 Å².